The van der Waals surface area contributed by atoms with E-state index in [0.717, 1.165) is 17.0 Å². The molecule has 138 valence electrons. The van der Waals surface area contributed by atoms with E-state index >= 15 is 0 Å². The van der Waals surface area contributed by atoms with Crippen LogP contribution in [-0.2, 0) is 6.54 Å². The van der Waals surface area contributed by atoms with Crippen LogP contribution in [-0.4, -0.2) is 23.0 Å². The van der Waals surface area contributed by atoms with Crippen molar-refractivity contribution in [3.8, 4) is 5.75 Å². The largest absolute Gasteiger partial charge is 0.497 e. The molecular formula is C21H22N4O2. The first-order valence-corrected chi connectivity index (χ1v) is 8.64. The molecule has 1 aromatic heterocycles. The van der Waals surface area contributed by atoms with Gasteiger partial charge >= 0.3 is 0 Å². The van der Waals surface area contributed by atoms with E-state index < -0.39 is 0 Å². The Morgan fingerprint density at radius 2 is 1.81 bits per heavy atom. The van der Waals surface area contributed by atoms with Crippen LogP contribution < -0.4 is 15.4 Å². The molecule has 0 saturated carbocycles. The molecule has 2 aromatic carbocycles. The minimum Gasteiger partial charge on any atom is -0.497 e. The number of aryl methyl sites for hydroxylation is 2. The SMILES string of the molecule is COc1cccc(Nc2nc(C)cc(C(=O)NCc3ccc(C)cc3)n2)c1. The molecule has 1 amide bonds. The fourth-order valence-electron chi connectivity index (χ4n) is 2.55. The number of hydrogen-bond acceptors (Lipinski definition) is 5. The third-order valence-corrected chi connectivity index (χ3v) is 3.99. The lowest BCUT2D eigenvalue weighted by molar-refractivity contribution is 0.0945. The molecule has 0 unspecified atom stereocenters. The lowest BCUT2D eigenvalue weighted by Gasteiger charge is -2.10. The van der Waals surface area contributed by atoms with Gasteiger partial charge < -0.3 is 15.4 Å². The summed E-state index contributed by atoms with van der Waals surface area (Å²) in [4.78, 5) is 21.2. The number of methoxy groups -OCH3 is 1. The summed E-state index contributed by atoms with van der Waals surface area (Å²) in [6.07, 6.45) is 0. The number of benzene rings is 2. The number of carbonyl (C=O) groups is 1. The first-order valence-electron chi connectivity index (χ1n) is 8.64. The second-order valence-electron chi connectivity index (χ2n) is 6.24. The van der Waals surface area contributed by atoms with Crippen molar-refractivity contribution in [2.75, 3.05) is 12.4 Å². The van der Waals surface area contributed by atoms with Crippen LogP contribution in [0.2, 0.25) is 0 Å². The van der Waals surface area contributed by atoms with Gasteiger partial charge in [-0.3, -0.25) is 4.79 Å². The minimum absolute atomic E-state index is 0.241. The lowest BCUT2D eigenvalue weighted by atomic mass is 10.1. The normalized spacial score (nSPS) is 10.3. The molecule has 27 heavy (non-hydrogen) atoms. The standard InChI is InChI=1S/C21H22N4O2/c1-14-7-9-16(10-8-14)13-22-20(26)19-11-15(2)23-21(25-19)24-17-5-4-6-18(12-17)27-3/h4-12H,13H2,1-3H3,(H,22,26)(H,23,24,25). The predicted octanol–water partition coefficient (Wildman–Crippen LogP) is 3.78. The maximum absolute atomic E-state index is 12.5. The van der Waals surface area contributed by atoms with Gasteiger partial charge in [0.1, 0.15) is 11.4 Å². The van der Waals surface area contributed by atoms with Crippen LogP contribution in [0.1, 0.15) is 27.3 Å². The highest BCUT2D eigenvalue weighted by molar-refractivity contribution is 5.92. The quantitative estimate of drug-likeness (QED) is 0.698. The van der Waals surface area contributed by atoms with Crippen LogP contribution in [0.25, 0.3) is 0 Å². The van der Waals surface area contributed by atoms with Crippen molar-refractivity contribution >= 4 is 17.5 Å². The molecule has 0 fully saturated rings. The van der Waals surface area contributed by atoms with Crippen LogP contribution in [0.15, 0.2) is 54.6 Å². The molecule has 6 nitrogen and oxygen atoms in total. The molecule has 0 saturated heterocycles. The van der Waals surface area contributed by atoms with Crippen molar-refractivity contribution in [1.82, 2.24) is 15.3 Å². The Morgan fingerprint density at radius 3 is 2.56 bits per heavy atom. The Labute approximate surface area is 158 Å². The van der Waals surface area contributed by atoms with Gasteiger partial charge in [-0.2, -0.15) is 0 Å². The number of anilines is 2. The van der Waals surface area contributed by atoms with Crippen molar-refractivity contribution < 1.29 is 9.53 Å². The maximum Gasteiger partial charge on any atom is 0.270 e. The number of ether oxygens (including phenoxy) is 1. The fourth-order valence-corrected chi connectivity index (χ4v) is 2.55. The molecule has 0 aliphatic rings. The molecule has 0 bridgehead atoms. The Hall–Kier alpha value is -3.41. The van der Waals surface area contributed by atoms with Gasteiger partial charge in [0.25, 0.3) is 5.91 Å². The van der Waals surface area contributed by atoms with Crippen LogP contribution in [0.5, 0.6) is 5.75 Å². The fraction of sp³-hybridized carbons (Fsp3) is 0.190. The molecule has 2 N–H and O–H groups in total. The van der Waals surface area contributed by atoms with Gasteiger partial charge in [-0.25, -0.2) is 9.97 Å². The number of aromatic nitrogens is 2. The van der Waals surface area contributed by atoms with E-state index in [-0.39, 0.29) is 5.91 Å². The molecule has 0 spiro atoms. The minimum atomic E-state index is -0.241. The Balaban J connectivity index is 1.71. The van der Waals surface area contributed by atoms with Crippen LogP contribution >= 0.6 is 0 Å². The molecule has 0 aliphatic carbocycles. The van der Waals surface area contributed by atoms with Crippen LogP contribution in [0.3, 0.4) is 0 Å². The molecule has 6 heteroatoms. The number of carbonyl (C=O) groups excluding carboxylic acids is 1. The van der Waals surface area contributed by atoms with Crippen LogP contribution in [0, 0.1) is 13.8 Å². The van der Waals surface area contributed by atoms with E-state index in [2.05, 4.69) is 20.6 Å². The highest BCUT2D eigenvalue weighted by Gasteiger charge is 2.11. The van der Waals surface area contributed by atoms with Crippen molar-refractivity contribution in [2.45, 2.75) is 20.4 Å². The zero-order valence-corrected chi connectivity index (χ0v) is 15.6. The van der Waals surface area contributed by atoms with E-state index in [1.54, 1.807) is 13.2 Å². The van der Waals surface area contributed by atoms with E-state index in [1.165, 1.54) is 5.56 Å². The summed E-state index contributed by atoms with van der Waals surface area (Å²) in [5.74, 6) is 0.849. The number of rotatable bonds is 6. The number of hydrogen-bond donors (Lipinski definition) is 2. The van der Waals surface area contributed by atoms with Gasteiger partial charge in [-0.15, -0.1) is 0 Å². The second kappa shape index (κ2) is 8.31. The van der Waals surface area contributed by atoms with Gasteiger partial charge in [-0.1, -0.05) is 35.9 Å². The van der Waals surface area contributed by atoms with Gasteiger partial charge in [0, 0.05) is 24.0 Å². The molecule has 1 heterocycles. The molecular weight excluding hydrogens is 340 g/mol. The van der Waals surface area contributed by atoms with E-state index in [1.807, 2.05) is 62.4 Å². The third-order valence-electron chi connectivity index (χ3n) is 3.99. The molecule has 0 atom stereocenters. The Bertz CT molecular complexity index is 939. The summed E-state index contributed by atoms with van der Waals surface area (Å²) in [5, 5.41) is 6.01. The summed E-state index contributed by atoms with van der Waals surface area (Å²) in [6, 6.07) is 17.1. The predicted molar refractivity (Wildman–Crippen MR) is 105 cm³/mol. The maximum atomic E-state index is 12.5. The van der Waals surface area contributed by atoms with Crippen molar-refractivity contribution in [3.05, 3.63) is 77.1 Å². The highest BCUT2D eigenvalue weighted by Crippen LogP contribution is 2.19. The zero-order valence-electron chi connectivity index (χ0n) is 15.6. The van der Waals surface area contributed by atoms with Gasteiger partial charge in [0.2, 0.25) is 5.95 Å². The topological polar surface area (TPSA) is 76.1 Å². The van der Waals surface area contributed by atoms with Crippen molar-refractivity contribution in [1.29, 1.82) is 0 Å². The molecule has 0 radical (unpaired) electrons. The van der Waals surface area contributed by atoms with Gasteiger partial charge in [-0.05, 0) is 37.6 Å². The summed E-state index contributed by atoms with van der Waals surface area (Å²) >= 11 is 0. The van der Waals surface area contributed by atoms with Crippen molar-refractivity contribution in [3.63, 3.8) is 0 Å². The lowest BCUT2D eigenvalue weighted by Crippen LogP contribution is -2.24. The third kappa shape index (κ3) is 5.04. The number of nitrogens with zero attached hydrogens (tertiary/aromatic N) is 2. The van der Waals surface area contributed by atoms with E-state index in [9.17, 15) is 4.79 Å². The van der Waals surface area contributed by atoms with Crippen LogP contribution in [0.4, 0.5) is 11.6 Å². The smallest absolute Gasteiger partial charge is 0.270 e. The molecule has 3 rings (SSSR count). The average molecular weight is 362 g/mol. The second-order valence-corrected chi connectivity index (χ2v) is 6.24. The van der Waals surface area contributed by atoms with Gasteiger partial charge in [0.15, 0.2) is 0 Å². The summed E-state index contributed by atoms with van der Waals surface area (Å²) in [7, 11) is 1.61. The Morgan fingerprint density at radius 1 is 1.04 bits per heavy atom. The number of amides is 1. The Kier molecular flexibility index (Phi) is 5.66. The monoisotopic (exact) mass is 362 g/mol. The highest BCUT2D eigenvalue weighted by atomic mass is 16.5. The van der Waals surface area contributed by atoms with Crippen molar-refractivity contribution in [2.24, 2.45) is 0 Å². The average Bonchev–Trinajstić information content (AvgIpc) is 2.67. The summed E-state index contributed by atoms with van der Waals surface area (Å²) < 4.78 is 5.21. The van der Waals surface area contributed by atoms with Gasteiger partial charge in [0.05, 0.1) is 7.11 Å². The first-order chi connectivity index (χ1) is 13.0. The summed E-state index contributed by atoms with van der Waals surface area (Å²) in [6.45, 7) is 4.30. The molecule has 3 aromatic rings. The number of nitrogens with one attached hydrogen (secondary N) is 2. The zero-order chi connectivity index (χ0) is 19.2. The summed E-state index contributed by atoms with van der Waals surface area (Å²) in [5.41, 5.74) is 4.03. The molecule has 0 aliphatic heterocycles. The van der Waals surface area contributed by atoms with E-state index in [0.29, 0.717) is 23.9 Å². The first kappa shape index (κ1) is 18.4. The van der Waals surface area contributed by atoms with E-state index in [4.69, 9.17) is 4.74 Å².